The van der Waals surface area contributed by atoms with Crippen molar-refractivity contribution in [3.05, 3.63) is 41.2 Å². The first-order valence-electron chi connectivity index (χ1n) is 6.91. The number of rotatable bonds is 3. The first-order chi connectivity index (χ1) is 9.45. The molecule has 0 aliphatic heterocycles. The number of nitrogen functional groups attached to an aromatic ring is 1. The van der Waals surface area contributed by atoms with Crippen LogP contribution in [0.25, 0.3) is 0 Å². The molecule has 1 heterocycles. The molecule has 0 spiro atoms. The highest BCUT2D eigenvalue weighted by Gasteiger charge is 2.60. The van der Waals surface area contributed by atoms with Gasteiger partial charge in [0.05, 0.1) is 12.8 Å². The summed E-state index contributed by atoms with van der Waals surface area (Å²) in [5, 5.41) is 0. The van der Waals surface area contributed by atoms with E-state index < -0.39 is 0 Å². The Hall–Kier alpha value is -1.97. The fraction of sp³-hybridized carbons (Fsp3) is 0.438. The van der Waals surface area contributed by atoms with Crippen LogP contribution in [0.3, 0.4) is 0 Å². The lowest BCUT2D eigenvalue weighted by atomic mass is 10.0. The average molecular weight is 271 g/mol. The molecule has 3 N–H and O–H groups in total. The van der Waals surface area contributed by atoms with Gasteiger partial charge in [0.1, 0.15) is 5.75 Å². The van der Waals surface area contributed by atoms with Crippen LogP contribution in [-0.2, 0) is 0 Å². The number of anilines is 1. The number of hydrogen-bond acceptors (Lipinski definition) is 3. The van der Waals surface area contributed by atoms with E-state index in [0.717, 1.165) is 17.1 Å². The van der Waals surface area contributed by atoms with Crippen LogP contribution < -0.4 is 10.5 Å². The molecule has 1 aromatic heterocycles. The normalized spacial score (nSPS) is 23.6. The van der Waals surface area contributed by atoms with Crippen LogP contribution in [0.15, 0.2) is 24.3 Å². The first-order valence-corrected chi connectivity index (χ1v) is 6.91. The number of H-pyrrole nitrogens is 1. The maximum Gasteiger partial charge on any atom is 0.197 e. The van der Waals surface area contributed by atoms with Crippen LogP contribution in [0.1, 0.15) is 42.6 Å². The summed E-state index contributed by atoms with van der Waals surface area (Å²) in [6, 6.07) is 8.31. The van der Waals surface area contributed by atoms with Crippen molar-refractivity contribution in [2.75, 3.05) is 12.8 Å². The van der Waals surface area contributed by atoms with Gasteiger partial charge in [-0.25, -0.2) is 4.98 Å². The summed E-state index contributed by atoms with van der Waals surface area (Å²) in [6.07, 6.45) is 0. The number of nitrogens with one attached hydrogen (secondary N) is 1. The third-order valence-corrected chi connectivity index (χ3v) is 4.52. The quantitative estimate of drug-likeness (QED) is 0.901. The Balaban J connectivity index is 1.97. The Bertz CT molecular complexity index is 645. The maximum atomic E-state index is 5.78. The molecule has 0 unspecified atom stereocenters. The molecule has 1 fully saturated rings. The molecule has 1 saturated carbocycles. The number of nitrogens with two attached hydrogens (primary N) is 1. The van der Waals surface area contributed by atoms with E-state index in [9.17, 15) is 0 Å². The molecule has 3 rings (SSSR count). The summed E-state index contributed by atoms with van der Waals surface area (Å²) in [5.74, 6) is 2.27. The number of hydrogen-bond donors (Lipinski definition) is 2. The van der Waals surface area contributed by atoms with Crippen LogP contribution in [-0.4, -0.2) is 17.1 Å². The van der Waals surface area contributed by atoms with Crippen LogP contribution in [0.2, 0.25) is 0 Å². The summed E-state index contributed by atoms with van der Waals surface area (Å²) in [4.78, 5) is 7.58. The van der Waals surface area contributed by atoms with E-state index in [1.54, 1.807) is 7.11 Å². The molecular weight excluding hydrogens is 250 g/mol. The van der Waals surface area contributed by atoms with E-state index in [4.69, 9.17) is 10.5 Å². The lowest BCUT2D eigenvalue weighted by Crippen LogP contribution is -1.92. The van der Waals surface area contributed by atoms with Gasteiger partial charge in [-0.05, 0) is 36.0 Å². The molecule has 0 saturated heterocycles. The van der Waals surface area contributed by atoms with Crippen molar-refractivity contribution in [2.45, 2.75) is 32.6 Å². The van der Waals surface area contributed by atoms with Crippen molar-refractivity contribution >= 4 is 5.95 Å². The van der Waals surface area contributed by atoms with Gasteiger partial charge in [0, 0.05) is 11.6 Å². The number of methoxy groups -OCH3 is 1. The van der Waals surface area contributed by atoms with Crippen molar-refractivity contribution in [1.29, 1.82) is 0 Å². The topological polar surface area (TPSA) is 63.9 Å². The van der Waals surface area contributed by atoms with Crippen molar-refractivity contribution in [3.8, 4) is 5.75 Å². The van der Waals surface area contributed by atoms with E-state index in [1.165, 1.54) is 5.56 Å². The van der Waals surface area contributed by atoms with Crippen LogP contribution in [0.5, 0.6) is 5.75 Å². The summed E-state index contributed by atoms with van der Waals surface area (Å²) >= 11 is 0. The zero-order valence-corrected chi connectivity index (χ0v) is 12.4. The SMILES string of the molecule is COc1cccc([C@@H]2[C@@H](c3nc(N)[nH]c3C)C2(C)C)c1. The summed E-state index contributed by atoms with van der Waals surface area (Å²) < 4.78 is 5.33. The van der Waals surface area contributed by atoms with Gasteiger partial charge in [0.15, 0.2) is 5.95 Å². The van der Waals surface area contributed by atoms with Gasteiger partial charge in [0.2, 0.25) is 0 Å². The molecular formula is C16H21N3O. The number of nitrogens with zero attached hydrogens (tertiary/aromatic N) is 1. The Morgan fingerprint density at radius 3 is 2.65 bits per heavy atom. The molecule has 2 aromatic rings. The number of benzene rings is 1. The van der Waals surface area contributed by atoms with Gasteiger partial charge < -0.3 is 15.5 Å². The van der Waals surface area contributed by atoms with Crippen molar-refractivity contribution < 1.29 is 4.74 Å². The molecule has 0 radical (unpaired) electrons. The molecule has 1 aromatic carbocycles. The van der Waals surface area contributed by atoms with Crippen LogP contribution in [0, 0.1) is 12.3 Å². The summed E-state index contributed by atoms with van der Waals surface area (Å²) in [7, 11) is 1.70. The van der Waals surface area contributed by atoms with E-state index in [-0.39, 0.29) is 5.41 Å². The van der Waals surface area contributed by atoms with Gasteiger partial charge in [0.25, 0.3) is 0 Å². The van der Waals surface area contributed by atoms with Crippen LogP contribution in [0.4, 0.5) is 5.95 Å². The minimum Gasteiger partial charge on any atom is -0.497 e. The second-order valence-electron chi connectivity index (χ2n) is 6.19. The monoisotopic (exact) mass is 271 g/mol. The minimum atomic E-state index is 0.193. The van der Waals surface area contributed by atoms with Crippen molar-refractivity contribution in [1.82, 2.24) is 9.97 Å². The highest BCUT2D eigenvalue weighted by molar-refractivity contribution is 5.45. The molecule has 4 nitrogen and oxygen atoms in total. The average Bonchev–Trinajstić information content (AvgIpc) is 2.81. The number of aromatic amines is 1. The maximum absolute atomic E-state index is 5.78. The van der Waals surface area contributed by atoms with E-state index in [1.807, 2.05) is 19.1 Å². The Morgan fingerprint density at radius 2 is 2.05 bits per heavy atom. The number of aromatic nitrogens is 2. The first kappa shape index (κ1) is 13.0. The van der Waals surface area contributed by atoms with Gasteiger partial charge in [-0.1, -0.05) is 26.0 Å². The van der Waals surface area contributed by atoms with Gasteiger partial charge >= 0.3 is 0 Å². The Labute approximate surface area is 119 Å². The molecule has 0 bridgehead atoms. The molecule has 1 aliphatic carbocycles. The van der Waals surface area contributed by atoms with E-state index in [2.05, 4.69) is 35.9 Å². The minimum absolute atomic E-state index is 0.193. The Morgan fingerprint density at radius 1 is 1.30 bits per heavy atom. The van der Waals surface area contributed by atoms with Gasteiger partial charge in [-0.15, -0.1) is 0 Å². The fourth-order valence-corrected chi connectivity index (χ4v) is 3.41. The summed E-state index contributed by atoms with van der Waals surface area (Å²) in [6.45, 7) is 6.61. The van der Waals surface area contributed by atoms with Crippen molar-refractivity contribution in [2.24, 2.45) is 5.41 Å². The lowest BCUT2D eigenvalue weighted by molar-refractivity contribution is 0.414. The van der Waals surface area contributed by atoms with E-state index >= 15 is 0 Å². The van der Waals surface area contributed by atoms with Gasteiger partial charge in [-0.3, -0.25) is 0 Å². The second kappa shape index (κ2) is 4.27. The number of aryl methyl sites for hydroxylation is 1. The highest BCUT2D eigenvalue weighted by Crippen LogP contribution is 2.70. The molecule has 20 heavy (non-hydrogen) atoms. The standard InChI is InChI=1S/C16H21N3O/c1-9-14(19-15(17)18-9)13-12(16(13,2)3)10-6-5-7-11(8-10)20-4/h5-8,12-13H,1-4H3,(H3,17,18,19)/t12-,13+/m1/s1. The molecule has 4 heteroatoms. The lowest BCUT2D eigenvalue weighted by Gasteiger charge is -2.05. The fourth-order valence-electron chi connectivity index (χ4n) is 3.41. The third kappa shape index (κ3) is 1.87. The zero-order chi connectivity index (χ0) is 14.5. The largest absolute Gasteiger partial charge is 0.497 e. The predicted octanol–water partition coefficient (Wildman–Crippen LogP) is 3.22. The summed E-state index contributed by atoms with van der Waals surface area (Å²) in [5.41, 5.74) is 9.45. The molecule has 106 valence electrons. The second-order valence-corrected chi connectivity index (χ2v) is 6.19. The van der Waals surface area contributed by atoms with Gasteiger partial charge in [-0.2, -0.15) is 0 Å². The Kier molecular flexibility index (Phi) is 2.78. The molecule has 2 atom stereocenters. The number of imidazole rings is 1. The number of ether oxygens (including phenoxy) is 1. The van der Waals surface area contributed by atoms with Crippen LogP contribution >= 0.6 is 0 Å². The third-order valence-electron chi connectivity index (χ3n) is 4.52. The van der Waals surface area contributed by atoms with E-state index in [0.29, 0.717) is 17.8 Å². The highest BCUT2D eigenvalue weighted by atomic mass is 16.5. The molecule has 0 amide bonds. The van der Waals surface area contributed by atoms with Crippen molar-refractivity contribution in [3.63, 3.8) is 0 Å². The zero-order valence-electron chi connectivity index (χ0n) is 12.4. The smallest absolute Gasteiger partial charge is 0.197 e. The molecule has 1 aliphatic rings. The predicted molar refractivity (Wildman–Crippen MR) is 80.0 cm³/mol.